The molecule has 0 saturated heterocycles. The number of rotatable bonds is 8. The molecule has 1 aromatic rings. The zero-order chi connectivity index (χ0) is 13.5. The number of nitrogens with zero attached hydrogens (tertiary/aromatic N) is 2. The van der Waals surface area contributed by atoms with Gasteiger partial charge in [0.05, 0.1) is 15.9 Å². The lowest BCUT2D eigenvalue weighted by Crippen LogP contribution is -2.18. The van der Waals surface area contributed by atoms with E-state index in [4.69, 9.17) is 5.11 Å². The van der Waals surface area contributed by atoms with Gasteiger partial charge in [0.25, 0.3) is 0 Å². The molecular formula is C13H24BrN3O. The molecule has 0 radical (unpaired) electrons. The second kappa shape index (κ2) is 7.92. The van der Waals surface area contributed by atoms with E-state index in [9.17, 15) is 0 Å². The number of nitrogens with one attached hydrogen (secondary N) is 1. The maximum absolute atomic E-state index is 8.93. The molecule has 0 bridgehead atoms. The van der Waals surface area contributed by atoms with E-state index in [-0.39, 0.29) is 6.61 Å². The third-order valence-electron chi connectivity index (χ3n) is 3.16. The highest BCUT2D eigenvalue weighted by atomic mass is 79.9. The van der Waals surface area contributed by atoms with Crippen LogP contribution in [0, 0.1) is 5.92 Å². The SMILES string of the molecule is CCc1nn(C)c(CNCCCC(C)CO)c1Br. The molecular weight excluding hydrogens is 294 g/mol. The van der Waals surface area contributed by atoms with Crippen LogP contribution in [-0.2, 0) is 20.0 Å². The van der Waals surface area contributed by atoms with E-state index in [1.165, 1.54) is 5.69 Å². The molecule has 0 aliphatic heterocycles. The predicted octanol–water partition coefficient (Wildman–Crippen LogP) is 2.24. The van der Waals surface area contributed by atoms with Crippen molar-refractivity contribution in [2.75, 3.05) is 13.2 Å². The summed E-state index contributed by atoms with van der Waals surface area (Å²) in [5, 5.41) is 16.8. The Bertz CT molecular complexity index is 365. The molecule has 2 N–H and O–H groups in total. The second-order valence-corrected chi connectivity index (χ2v) is 5.58. The van der Waals surface area contributed by atoms with Crippen LogP contribution in [0.4, 0.5) is 0 Å². The van der Waals surface area contributed by atoms with Crippen LogP contribution in [0.5, 0.6) is 0 Å². The van der Waals surface area contributed by atoms with E-state index in [2.05, 4.69) is 40.2 Å². The molecule has 104 valence electrons. The van der Waals surface area contributed by atoms with Crippen molar-refractivity contribution in [3.05, 3.63) is 15.9 Å². The van der Waals surface area contributed by atoms with Crippen LogP contribution in [0.15, 0.2) is 4.47 Å². The largest absolute Gasteiger partial charge is 0.396 e. The van der Waals surface area contributed by atoms with E-state index >= 15 is 0 Å². The summed E-state index contributed by atoms with van der Waals surface area (Å²) in [5.74, 6) is 0.405. The van der Waals surface area contributed by atoms with Gasteiger partial charge in [0.1, 0.15) is 0 Å². The van der Waals surface area contributed by atoms with Gasteiger partial charge in [0.15, 0.2) is 0 Å². The van der Waals surface area contributed by atoms with Gasteiger partial charge in [-0.3, -0.25) is 4.68 Å². The number of aliphatic hydroxyl groups is 1. The van der Waals surface area contributed by atoms with Gasteiger partial charge in [-0.15, -0.1) is 0 Å². The van der Waals surface area contributed by atoms with Crippen LogP contribution in [-0.4, -0.2) is 28.0 Å². The average molecular weight is 318 g/mol. The summed E-state index contributed by atoms with van der Waals surface area (Å²) in [6.07, 6.45) is 3.11. The van der Waals surface area contributed by atoms with Gasteiger partial charge in [0, 0.05) is 20.2 Å². The Labute approximate surface area is 118 Å². The summed E-state index contributed by atoms with van der Waals surface area (Å²) in [6, 6.07) is 0. The lowest BCUT2D eigenvalue weighted by Gasteiger charge is -2.08. The fourth-order valence-corrected chi connectivity index (χ4v) is 2.64. The van der Waals surface area contributed by atoms with Crippen LogP contribution in [0.1, 0.15) is 38.1 Å². The van der Waals surface area contributed by atoms with Crippen molar-refractivity contribution in [1.82, 2.24) is 15.1 Å². The number of aryl methyl sites for hydroxylation is 2. The molecule has 5 heteroatoms. The molecule has 1 atom stereocenters. The minimum atomic E-state index is 0.285. The van der Waals surface area contributed by atoms with Crippen molar-refractivity contribution in [1.29, 1.82) is 0 Å². The van der Waals surface area contributed by atoms with Crippen LogP contribution in [0.3, 0.4) is 0 Å². The molecule has 0 spiro atoms. The minimum absolute atomic E-state index is 0.285. The van der Waals surface area contributed by atoms with Gasteiger partial charge in [-0.05, 0) is 47.7 Å². The smallest absolute Gasteiger partial charge is 0.0767 e. The van der Waals surface area contributed by atoms with Crippen molar-refractivity contribution in [2.24, 2.45) is 13.0 Å². The van der Waals surface area contributed by atoms with Crippen molar-refractivity contribution in [2.45, 2.75) is 39.7 Å². The predicted molar refractivity (Wildman–Crippen MR) is 77.5 cm³/mol. The fourth-order valence-electron chi connectivity index (χ4n) is 1.89. The molecule has 1 rings (SSSR count). The molecule has 1 heterocycles. The number of aromatic nitrogens is 2. The van der Waals surface area contributed by atoms with E-state index < -0.39 is 0 Å². The number of halogens is 1. The van der Waals surface area contributed by atoms with Gasteiger partial charge >= 0.3 is 0 Å². The molecule has 0 aliphatic carbocycles. The molecule has 0 fully saturated rings. The average Bonchev–Trinajstić information content (AvgIpc) is 2.64. The first-order valence-electron chi connectivity index (χ1n) is 6.61. The van der Waals surface area contributed by atoms with Crippen molar-refractivity contribution >= 4 is 15.9 Å². The maximum Gasteiger partial charge on any atom is 0.0767 e. The Kier molecular flexibility index (Phi) is 6.89. The molecule has 0 aliphatic rings. The number of hydrogen-bond donors (Lipinski definition) is 2. The summed E-state index contributed by atoms with van der Waals surface area (Å²) >= 11 is 3.61. The van der Waals surface area contributed by atoms with Crippen molar-refractivity contribution in [3.63, 3.8) is 0 Å². The normalized spacial score (nSPS) is 12.9. The van der Waals surface area contributed by atoms with Gasteiger partial charge in [-0.25, -0.2) is 0 Å². The summed E-state index contributed by atoms with van der Waals surface area (Å²) < 4.78 is 3.07. The topological polar surface area (TPSA) is 50.1 Å². The monoisotopic (exact) mass is 317 g/mol. The van der Waals surface area contributed by atoms with Crippen LogP contribution < -0.4 is 5.32 Å². The van der Waals surface area contributed by atoms with Gasteiger partial charge < -0.3 is 10.4 Å². The van der Waals surface area contributed by atoms with E-state index in [0.29, 0.717) is 5.92 Å². The Morgan fingerprint density at radius 1 is 1.50 bits per heavy atom. The molecule has 0 amide bonds. The van der Waals surface area contributed by atoms with Gasteiger partial charge in [-0.1, -0.05) is 13.8 Å². The summed E-state index contributed by atoms with van der Waals surface area (Å²) in [7, 11) is 1.98. The van der Waals surface area contributed by atoms with Gasteiger partial charge in [0.2, 0.25) is 0 Å². The highest BCUT2D eigenvalue weighted by Crippen LogP contribution is 2.21. The highest BCUT2D eigenvalue weighted by Gasteiger charge is 2.11. The fraction of sp³-hybridized carbons (Fsp3) is 0.769. The second-order valence-electron chi connectivity index (χ2n) is 4.79. The molecule has 4 nitrogen and oxygen atoms in total. The van der Waals surface area contributed by atoms with E-state index in [1.807, 2.05) is 11.7 Å². The Morgan fingerprint density at radius 2 is 2.22 bits per heavy atom. The number of hydrogen-bond acceptors (Lipinski definition) is 3. The third kappa shape index (κ3) is 4.37. The quantitative estimate of drug-likeness (QED) is 0.723. The highest BCUT2D eigenvalue weighted by molar-refractivity contribution is 9.10. The standard InChI is InChI=1S/C13H24BrN3O/c1-4-11-13(14)12(17(3)16-11)8-15-7-5-6-10(2)9-18/h10,15,18H,4-9H2,1-3H3. The lowest BCUT2D eigenvalue weighted by atomic mass is 10.1. The van der Waals surface area contributed by atoms with Crippen molar-refractivity contribution in [3.8, 4) is 0 Å². The zero-order valence-electron chi connectivity index (χ0n) is 11.5. The maximum atomic E-state index is 8.93. The summed E-state index contributed by atoms with van der Waals surface area (Å²) in [5.41, 5.74) is 2.31. The molecule has 1 aromatic heterocycles. The first-order valence-corrected chi connectivity index (χ1v) is 7.41. The van der Waals surface area contributed by atoms with Crippen molar-refractivity contribution < 1.29 is 5.11 Å². The first-order chi connectivity index (χ1) is 8.60. The van der Waals surface area contributed by atoms with Crippen LogP contribution in [0.25, 0.3) is 0 Å². The third-order valence-corrected chi connectivity index (χ3v) is 4.07. The Morgan fingerprint density at radius 3 is 2.78 bits per heavy atom. The number of aliphatic hydroxyl groups excluding tert-OH is 1. The molecule has 1 unspecified atom stereocenters. The minimum Gasteiger partial charge on any atom is -0.396 e. The molecule has 0 saturated carbocycles. The lowest BCUT2D eigenvalue weighted by molar-refractivity contribution is 0.228. The Hall–Kier alpha value is -0.390. The Balaban J connectivity index is 2.33. The molecule has 0 aromatic carbocycles. The summed E-state index contributed by atoms with van der Waals surface area (Å²) in [4.78, 5) is 0. The zero-order valence-corrected chi connectivity index (χ0v) is 13.1. The van der Waals surface area contributed by atoms with Crippen LogP contribution >= 0.6 is 15.9 Å². The van der Waals surface area contributed by atoms with E-state index in [0.717, 1.165) is 42.5 Å². The summed E-state index contributed by atoms with van der Waals surface area (Å²) in [6.45, 7) is 6.28. The first kappa shape index (κ1) is 15.7. The van der Waals surface area contributed by atoms with Gasteiger partial charge in [-0.2, -0.15) is 5.10 Å². The van der Waals surface area contributed by atoms with Crippen LogP contribution in [0.2, 0.25) is 0 Å². The molecule has 18 heavy (non-hydrogen) atoms. The van der Waals surface area contributed by atoms with E-state index in [1.54, 1.807) is 0 Å².